The first-order chi connectivity index (χ1) is 21.6. The fourth-order valence-electron chi connectivity index (χ4n) is 7.17. The third-order valence-electron chi connectivity index (χ3n) is 9.37. The minimum Gasteiger partial charge on any atom is -0.459 e. The van der Waals surface area contributed by atoms with Gasteiger partial charge in [-0.2, -0.15) is 0 Å². The molecule has 44 heavy (non-hydrogen) atoms. The number of benzene rings is 3. The maximum Gasteiger partial charge on any atom is 0.288 e. The highest BCUT2D eigenvalue weighted by molar-refractivity contribution is 5.92. The van der Waals surface area contributed by atoms with Crippen molar-refractivity contribution in [2.45, 2.75) is 44.9 Å². The molecule has 0 unspecified atom stereocenters. The number of rotatable bonds is 9. The predicted octanol–water partition coefficient (Wildman–Crippen LogP) is 5.08. The smallest absolute Gasteiger partial charge is 0.288 e. The maximum atomic E-state index is 14.0. The van der Waals surface area contributed by atoms with Gasteiger partial charge in [0.15, 0.2) is 17.3 Å². The molecule has 3 heterocycles. The largest absolute Gasteiger partial charge is 0.459 e. The van der Waals surface area contributed by atoms with E-state index in [-0.39, 0.29) is 31.1 Å². The van der Waals surface area contributed by atoms with Crippen LogP contribution in [-0.4, -0.2) is 73.3 Å². The summed E-state index contributed by atoms with van der Waals surface area (Å²) in [5.41, 5.74) is 7.57. The van der Waals surface area contributed by atoms with Crippen LogP contribution in [0.3, 0.4) is 0 Å². The van der Waals surface area contributed by atoms with Crippen molar-refractivity contribution in [3.63, 3.8) is 0 Å². The van der Waals surface area contributed by atoms with E-state index in [1.54, 1.807) is 0 Å². The van der Waals surface area contributed by atoms with Gasteiger partial charge in [0, 0.05) is 57.8 Å². The van der Waals surface area contributed by atoms with Crippen molar-refractivity contribution in [2.24, 2.45) is 5.92 Å². The number of hydrogen-bond acceptors (Lipinski definition) is 7. The molecule has 230 valence electrons. The summed E-state index contributed by atoms with van der Waals surface area (Å²) in [6, 6.07) is 21.2. The summed E-state index contributed by atoms with van der Waals surface area (Å²) in [6.07, 6.45) is 3.72. The Bertz CT molecular complexity index is 1550. The Morgan fingerprint density at radius 1 is 0.977 bits per heavy atom. The first-order valence-corrected chi connectivity index (χ1v) is 15.8. The number of aliphatic hydroxyl groups is 1. The van der Waals surface area contributed by atoms with Gasteiger partial charge < -0.3 is 29.0 Å². The summed E-state index contributed by atoms with van der Waals surface area (Å²) >= 11 is 0. The van der Waals surface area contributed by atoms with Crippen LogP contribution in [0.15, 0.2) is 72.5 Å². The lowest BCUT2D eigenvalue weighted by atomic mass is 9.78. The van der Waals surface area contributed by atoms with Crippen molar-refractivity contribution < 1.29 is 28.8 Å². The molecule has 1 aliphatic carbocycles. The van der Waals surface area contributed by atoms with E-state index in [9.17, 15) is 9.90 Å². The Hall–Kier alpha value is -3.85. The van der Waals surface area contributed by atoms with Gasteiger partial charge in [0.1, 0.15) is 0 Å². The van der Waals surface area contributed by atoms with Gasteiger partial charge in [-0.1, -0.05) is 48.5 Å². The summed E-state index contributed by atoms with van der Waals surface area (Å²) in [6.45, 7) is 6.39. The summed E-state index contributed by atoms with van der Waals surface area (Å²) < 4.78 is 23.5. The molecular formula is C36H40N2O6. The summed E-state index contributed by atoms with van der Waals surface area (Å²) in [5.74, 6) is 1.78. The van der Waals surface area contributed by atoms with Crippen LogP contribution in [0.25, 0.3) is 11.1 Å². The second-order valence-corrected chi connectivity index (χ2v) is 12.0. The summed E-state index contributed by atoms with van der Waals surface area (Å²) in [4.78, 5) is 18.3. The first-order valence-electron chi connectivity index (χ1n) is 15.8. The van der Waals surface area contributed by atoms with Crippen molar-refractivity contribution in [3.05, 3.63) is 94.8 Å². The van der Waals surface area contributed by atoms with Crippen LogP contribution in [0.2, 0.25) is 0 Å². The van der Waals surface area contributed by atoms with Gasteiger partial charge in [0.2, 0.25) is 13.1 Å². The van der Waals surface area contributed by atoms with Gasteiger partial charge in [0.05, 0.1) is 0 Å². The number of carbonyl (C=O) groups is 1. The average molecular weight is 597 g/mol. The second kappa shape index (κ2) is 12.6. The molecule has 0 saturated carbocycles. The van der Waals surface area contributed by atoms with Crippen molar-refractivity contribution in [1.82, 2.24) is 9.80 Å². The maximum absolute atomic E-state index is 14.0. The number of amides is 1. The molecule has 1 saturated heterocycles. The lowest BCUT2D eigenvalue weighted by Gasteiger charge is -2.40. The highest BCUT2D eigenvalue weighted by atomic mass is 16.7. The topological polar surface area (TPSA) is 80.7 Å². The SMILES string of the molecule is CCO[C@H]1OC(C(=O)N2CCN(Cc3ccc4c(c3)OCO4)CC2)=C[C@@H](c2cccc3c2Cc2ccccc2-3)[C@H]1CCCO. The van der Waals surface area contributed by atoms with E-state index in [1.165, 1.54) is 33.4 Å². The minimum atomic E-state index is -0.563. The lowest BCUT2D eigenvalue weighted by Crippen LogP contribution is -2.49. The van der Waals surface area contributed by atoms with Crippen LogP contribution in [0.5, 0.6) is 11.5 Å². The van der Waals surface area contributed by atoms with Gasteiger partial charge in [-0.3, -0.25) is 9.69 Å². The molecule has 3 atom stereocenters. The molecule has 1 fully saturated rings. The van der Waals surface area contributed by atoms with Gasteiger partial charge in [-0.05, 0) is 77.8 Å². The number of hydrogen-bond donors (Lipinski definition) is 1. The number of piperazine rings is 1. The van der Waals surface area contributed by atoms with Gasteiger partial charge >= 0.3 is 0 Å². The third-order valence-corrected chi connectivity index (χ3v) is 9.37. The van der Waals surface area contributed by atoms with Gasteiger partial charge in [-0.15, -0.1) is 0 Å². The number of ether oxygens (including phenoxy) is 4. The van der Waals surface area contributed by atoms with Crippen molar-refractivity contribution >= 4 is 5.91 Å². The molecule has 0 bridgehead atoms. The normalized spacial score (nSPS) is 22.3. The van der Waals surface area contributed by atoms with E-state index in [4.69, 9.17) is 18.9 Å². The summed E-state index contributed by atoms with van der Waals surface area (Å²) in [5, 5.41) is 9.74. The van der Waals surface area contributed by atoms with Crippen LogP contribution < -0.4 is 9.47 Å². The first kappa shape index (κ1) is 28.9. The standard InChI is InChI=1S/C36H40N2O6/c1-2-41-36-29(11-6-18-39)31(28-10-5-9-27-26-8-4-3-7-25(26)20-30(27)28)21-34(44-36)35(40)38-16-14-37(15-17-38)22-24-12-13-32-33(19-24)43-23-42-32/h3-5,7-10,12-13,19,21,29,31,36,39H,2,6,11,14-18,20,22-23H2,1H3/t29-,31+,36+/m1/s1. The zero-order valence-corrected chi connectivity index (χ0v) is 25.2. The van der Waals surface area contributed by atoms with E-state index in [2.05, 4.69) is 53.4 Å². The molecule has 4 aliphatic rings. The molecule has 0 radical (unpaired) electrons. The molecule has 0 aromatic heterocycles. The predicted molar refractivity (Wildman–Crippen MR) is 166 cm³/mol. The highest BCUT2D eigenvalue weighted by Gasteiger charge is 2.40. The molecule has 3 aromatic rings. The number of carbonyl (C=O) groups excluding carboxylic acids is 1. The highest BCUT2D eigenvalue weighted by Crippen LogP contribution is 2.46. The quantitative estimate of drug-likeness (QED) is 0.289. The Balaban J connectivity index is 1.12. The molecule has 3 aromatic carbocycles. The molecule has 1 amide bonds. The van der Waals surface area contributed by atoms with Crippen LogP contribution in [0, 0.1) is 5.92 Å². The molecular weight excluding hydrogens is 556 g/mol. The van der Waals surface area contributed by atoms with Crippen molar-refractivity contribution in [1.29, 1.82) is 0 Å². The fraction of sp³-hybridized carbons (Fsp3) is 0.417. The molecule has 8 heteroatoms. The zero-order chi connectivity index (χ0) is 30.0. The number of aliphatic hydroxyl groups excluding tert-OH is 1. The molecule has 7 rings (SSSR count). The lowest BCUT2D eigenvalue weighted by molar-refractivity contribution is -0.171. The average Bonchev–Trinajstić information content (AvgIpc) is 3.68. The van der Waals surface area contributed by atoms with Gasteiger partial charge in [-0.25, -0.2) is 0 Å². The Morgan fingerprint density at radius 2 is 1.80 bits per heavy atom. The monoisotopic (exact) mass is 596 g/mol. The van der Waals surface area contributed by atoms with Crippen LogP contribution in [0.1, 0.15) is 47.9 Å². The summed E-state index contributed by atoms with van der Waals surface area (Å²) in [7, 11) is 0. The molecule has 3 aliphatic heterocycles. The fourth-order valence-corrected chi connectivity index (χ4v) is 7.17. The molecule has 1 N–H and O–H groups in total. The third kappa shape index (κ3) is 5.58. The van der Waals surface area contributed by atoms with Gasteiger partial charge in [0.25, 0.3) is 5.91 Å². The van der Waals surface area contributed by atoms with Crippen LogP contribution in [0.4, 0.5) is 0 Å². The minimum absolute atomic E-state index is 0.0209. The second-order valence-electron chi connectivity index (χ2n) is 12.0. The number of allylic oxidation sites excluding steroid dienone is 1. The van der Waals surface area contributed by atoms with E-state index in [0.717, 1.165) is 44.0 Å². The van der Waals surface area contributed by atoms with Crippen molar-refractivity contribution in [3.8, 4) is 22.6 Å². The van der Waals surface area contributed by atoms with E-state index in [0.29, 0.717) is 31.9 Å². The van der Waals surface area contributed by atoms with Crippen LogP contribution >= 0.6 is 0 Å². The molecule has 8 nitrogen and oxygen atoms in total. The zero-order valence-electron chi connectivity index (χ0n) is 25.2. The van der Waals surface area contributed by atoms with Crippen molar-refractivity contribution in [2.75, 3.05) is 46.2 Å². The Kier molecular flexibility index (Phi) is 8.30. The Labute approximate surface area is 258 Å². The Morgan fingerprint density at radius 3 is 2.64 bits per heavy atom. The number of nitrogens with zero attached hydrogens (tertiary/aromatic N) is 2. The number of fused-ring (bicyclic) bond motifs is 4. The van der Waals surface area contributed by atoms with E-state index >= 15 is 0 Å². The molecule has 0 spiro atoms. The van der Waals surface area contributed by atoms with E-state index in [1.807, 2.05) is 30.0 Å². The van der Waals surface area contributed by atoms with Crippen LogP contribution in [-0.2, 0) is 27.2 Å². The van der Waals surface area contributed by atoms with E-state index < -0.39 is 6.29 Å².